The number of anilines is 1. The van der Waals surface area contributed by atoms with Gasteiger partial charge in [-0.15, -0.1) is 0 Å². The molecule has 1 heterocycles. The second kappa shape index (κ2) is 6.85. The molecule has 6 nitrogen and oxygen atoms in total. The molecule has 0 aliphatic heterocycles. The van der Waals surface area contributed by atoms with Gasteiger partial charge in [0, 0.05) is 18.0 Å². The van der Waals surface area contributed by atoms with E-state index in [1.54, 1.807) is 13.0 Å². The first kappa shape index (κ1) is 16.4. The molecule has 0 amide bonds. The molecule has 118 valence electrons. The fraction of sp³-hybridized carbons (Fsp3) is 0.333. The molecule has 0 aliphatic rings. The van der Waals surface area contributed by atoms with Crippen molar-refractivity contribution in [2.75, 3.05) is 17.3 Å². The van der Waals surface area contributed by atoms with E-state index in [9.17, 15) is 13.5 Å². The van der Waals surface area contributed by atoms with Crippen LogP contribution in [0.4, 0.5) is 5.82 Å². The molecule has 0 saturated carbocycles. The molecule has 0 aliphatic carbocycles. The standard InChI is InChI=1S/C15H19N3O3S/c1-11-8-14(18-15(9-19)16-11)17-13(10-22(2,20)21)12-6-4-3-5-7-12/h3-8,13,19H,9-10H2,1-2H3,(H,16,17,18). The number of rotatable bonds is 6. The molecule has 0 saturated heterocycles. The summed E-state index contributed by atoms with van der Waals surface area (Å²) >= 11 is 0. The van der Waals surface area contributed by atoms with Crippen LogP contribution in [0.3, 0.4) is 0 Å². The van der Waals surface area contributed by atoms with Crippen LogP contribution in [0.15, 0.2) is 36.4 Å². The molecule has 1 atom stereocenters. The van der Waals surface area contributed by atoms with Gasteiger partial charge in [-0.1, -0.05) is 30.3 Å². The van der Waals surface area contributed by atoms with Crippen LogP contribution in [-0.4, -0.2) is 35.5 Å². The quantitative estimate of drug-likeness (QED) is 0.837. The zero-order valence-electron chi connectivity index (χ0n) is 12.5. The Labute approximate surface area is 130 Å². The van der Waals surface area contributed by atoms with Gasteiger partial charge in [-0.05, 0) is 12.5 Å². The van der Waals surface area contributed by atoms with Crippen molar-refractivity contribution in [2.45, 2.75) is 19.6 Å². The second-order valence-corrected chi connectivity index (χ2v) is 7.35. The highest BCUT2D eigenvalue weighted by Gasteiger charge is 2.18. The summed E-state index contributed by atoms with van der Waals surface area (Å²) in [7, 11) is -3.17. The Bertz CT molecular complexity index is 733. The minimum absolute atomic E-state index is 0.0471. The SMILES string of the molecule is Cc1cc(NC(CS(C)(=O)=O)c2ccccc2)nc(CO)n1. The van der Waals surface area contributed by atoms with Crippen LogP contribution >= 0.6 is 0 Å². The van der Waals surface area contributed by atoms with Crippen molar-refractivity contribution in [3.8, 4) is 0 Å². The largest absolute Gasteiger partial charge is 0.388 e. The number of aliphatic hydroxyl groups is 1. The average Bonchev–Trinajstić information content (AvgIpc) is 2.45. The topological polar surface area (TPSA) is 92.2 Å². The smallest absolute Gasteiger partial charge is 0.156 e. The van der Waals surface area contributed by atoms with Crippen LogP contribution in [0.25, 0.3) is 0 Å². The van der Waals surface area contributed by atoms with E-state index >= 15 is 0 Å². The van der Waals surface area contributed by atoms with Gasteiger partial charge in [0.15, 0.2) is 5.82 Å². The van der Waals surface area contributed by atoms with Crippen LogP contribution in [-0.2, 0) is 16.4 Å². The zero-order valence-corrected chi connectivity index (χ0v) is 13.3. The van der Waals surface area contributed by atoms with E-state index in [-0.39, 0.29) is 12.4 Å². The molecular weight excluding hydrogens is 302 g/mol. The van der Waals surface area contributed by atoms with E-state index < -0.39 is 15.9 Å². The normalized spacial score (nSPS) is 12.9. The highest BCUT2D eigenvalue weighted by molar-refractivity contribution is 7.90. The van der Waals surface area contributed by atoms with Crippen LogP contribution < -0.4 is 5.32 Å². The predicted molar refractivity (Wildman–Crippen MR) is 85.2 cm³/mol. The molecule has 0 fully saturated rings. The number of hydrogen-bond donors (Lipinski definition) is 2. The van der Waals surface area contributed by atoms with Crippen molar-refractivity contribution in [1.82, 2.24) is 9.97 Å². The van der Waals surface area contributed by atoms with Gasteiger partial charge in [0.25, 0.3) is 0 Å². The first-order valence-electron chi connectivity index (χ1n) is 6.82. The maximum absolute atomic E-state index is 11.7. The van der Waals surface area contributed by atoms with Gasteiger partial charge >= 0.3 is 0 Å². The summed E-state index contributed by atoms with van der Waals surface area (Å²) in [5.74, 6) is 0.747. The lowest BCUT2D eigenvalue weighted by molar-refractivity contribution is 0.271. The third-order valence-electron chi connectivity index (χ3n) is 3.04. The van der Waals surface area contributed by atoms with E-state index in [2.05, 4.69) is 15.3 Å². The van der Waals surface area contributed by atoms with Crippen molar-refractivity contribution in [1.29, 1.82) is 0 Å². The lowest BCUT2D eigenvalue weighted by Gasteiger charge is -2.19. The summed E-state index contributed by atoms with van der Waals surface area (Å²) in [5, 5.41) is 12.3. The van der Waals surface area contributed by atoms with Crippen molar-refractivity contribution >= 4 is 15.7 Å². The summed E-state index contributed by atoms with van der Waals surface area (Å²) in [6.45, 7) is 1.53. The second-order valence-electron chi connectivity index (χ2n) is 5.17. The van der Waals surface area contributed by atoms with Crippen molar-refractivity contribution in [2.24, 2.45) is 0 Å². The summed E-state index contributed by atoms with van der Waals surface area (Å²) in [4.78, 5) is 8.27. The number of aryl methyl sites for hydroxylation is 1. The molecule has 1 aromatic heterocycles. The van der Waals surface area contributed by atoms with Crippen LogP contribution in [0, 0.1) is 6.92 Å². The van der Waals surface area contributed by atoms with Crippen LogP contribution in [0.2, 0.25) is 0 Å². The fourth-order valence-electron chi connectivity index (χ4n) is 2.16. The van der Waals surface area contributed by atoms with E-state index in [1.807, 2.05) is 30.3 Å². The highest BCUT2D eigenvalue weighted by Crippen LogP contribution is 2.20. The molecule has 2 rings (SSSR count). The van der Waals surface area contributed by atoms with E-state index in [1.165, 1.54) is 6.26 Å². The van der Waals surface area contributed by atoms with Gasteiger partial charge in [0.1, 0.15) is 22.3 Å². The molecule has 22 heavy (non-hydrogen) atoms. The molecule has 1 unspecified atom stereocenters. The molecule has 2 aromatic rings. The third kappa shape index (κ3) is 4.78. The summed E-state index contributed by atoms with van der Waals surface area (Å²) in [6.07, 6.45) is 1.20. The molecule has 1 aromatic carbocycles. The van der Waals surface area contributed by atoms with E-state index in [0.717, 1.165) is 5.56 Å². The lowest BCUT2D eigenvalue weighted by atomic mass is 10.1. The minimum atomic E-state index is -3.17. The van der Waals surface area contributed by atoms with Gasteiger partial charge in [0.05, 0.1) is 11.8 Å². The third-order valence-corrected chi connectivity index (χ3v) is 3.97. The number of nitrogens with zero attached hydrogens (tertiary/aromatic N) is 2. The molecule has 0 radical (unpaired) electrons. The maximum Gasteiger partial charge on any atom is 0.156 e. The fourth-order valence-corrected chi connectivity index (χ4v) is 3.04. The monoisotopic (exact) mass is 321 g/mol. The summed E-state index contributed by atoms with van der Waals surface area (Å²) in [5.41, 5.74) is 1.56. The van der Waals surface area contributed by atoms with Gasteiger partial charge in [-0.2, -0.15) is 0 Å². The number of nitrogens with one attached hydrogen (secondary N) is 1. The number of benzene rings is 1. The Hall–Kier alpha value is -1.99. The highest BCUT2D eigenvalue weighted by atomic mass is 32.2. The molecule has 0 bridgehead atoms. The van der Waals surface area contributed by atoms with E-state index in [4.69, 9.17) is 0 Å². The summed E-state index contributed by atoms with van der Waals surface area (Å²) in [6, 6.07) is 10.6. The Balaban J connectivity index is 2.32. The Morgan fingerprint density at radius 1 is 1.23 bits per heavy atom. The zero-order chi connectivity index (χ0) is 16.2. The molecular formula is C15H19N3O3S. The van der Waals surface area contributed by atoms with Crippen molar-refractivity contribution < 1.29 is 13.5 Å². The first-order valence-corrected chi connectivity index (χ1v) is 8.88. The Kier molecular flexibility index (Phi) is 5.10. The van der Waals surface area contributed by atoms with Crippen LogP contribution in [0.1, 0.15) is 23.1 Å². The number of aromatic nitrogens is 2. The number of hydrogen-bond acceptors (Lipinski definition) is 6. The molecule has 2 N–H and O–H groups in total. The van der Waals surface area contributed by atoms with Crippen molar-refractivity contribution in [3.05, 3.63) is 53.5 Å². The van der Waals surface area contributed by atoms with Crippen molar-refractivity contribution in [3.63, 3.8) is 0 Å². The van der Waals surface area contributed by atoms with E-state index in [0.29, 0.717) is 17.3 Å². The van der Waals surface area contributed by atoms with Gasteiger partial charge in [0.2, 0.25) is 0 Å². The summed E-state index contributed by atoms with van der Waals surface area (Å²) < 4.78 is 23.4. The van der Waals surface area contributed by atoms with Crippen LogP contribution in [0.5, 0.6) is 0 Å². The number of aliphatic hydroxyl groups excluding tert-OH is 1. The lowest BCUT2D eigenvalue weighted by Crippen LogP contribution is -2.21. The number of sulfone groups is 1. The Morgan fingerprint density at radius 2 is 1.91 bits per heavy atom. The first-order chi connectivity index (χ1) is 10.4. The average molecular weight is 321 g/mol. The maximum atomic E-state index is 11.7. The molecule has 7 heteroatoms. The Morgan fingerprint density at radius 3 is 2.50 bits per heavy atom. The van der Waals surface area contributed by atoms with Gasteiger partial charge in [-0.25, -0.2) is 18.4 Å². The van der Waals surface area contributed by atoms with Gasteiger partial charge in [-0.3, -0.25) is 0 Å². The van der Waals surface area contributed by atoms with Gasteiger partial charge < -0.3 is 10.4 Å². The minimum Gasteiger partial charge on any atom is -0.388 e. The predicted octanol–water partition coefficient (Wildman–Crippen LogP) is 1.48. The molecule has 0 spiro atoms.